The number of aryl methyl sites for hydroxylation is 1. The molecule has 3 aromatic rings. The number of hydrogen-bond donors (Lipinski definition) is 0. The zero-order valence-corrected chi connectivity index (χ0v) is 14.8. The molecule has 2 aromatic heterocycles. The van der Waals surface area contributed by atoms with Crippen molar-refractivity contribution in [3.63, 3.8) is 0 Å². The minimum Gasteiger partial charge on any atom is -0.341 e. The first-order valence-corrected chi connectivity index (χ1v) is 8.74. The zero-order chi connectivity index (χ0) is 19.0. The summed E-state index contributed by atoms with van der Waals surface area (Å²) in [6.45, 7) is 2.75. The van der Waals surface area contributed by atoms with E-state index < -0.39 is 11.4 Å². The molecule has 0 radical (unpaired) electrons. The molecule has 0 saturated carbocycles. The summed E-state index contributed by atoms with van der Waals surface area (Å²) in [5, 5.41) is 3.97. The molecular weight excluding hydrogens is 353 g/mol. The van der Waals surface area contributed by atoms with E-state index in [4.69, 9.17) is 4.52 Å². The number of carbonyl (C=O) groups is 1. The molecule has 0 aliphatic carbocycles. The molecule has 1 amide bonds. The fourth-order valence-corrected chi connectivity index (χ4v) is 3.34. The van der Waals surface area contributed by atoms with Gasteiger partial charge in [0.2, 0.25) is 11.8 Å². The third-order valence-electron chi connectivity index (χ3n) is 4.83. The van der Waals surface area contributed by atoms with Crippen LogP contribution in [0.4, 0.5) is 4.39 Å². The van der Waals surface area contributed by atoms with Crippen LogP contribution in [0.5, 0.6) is 0 Å². The summed E-state index contributed by atoms with van der Waals surface area (Å²) in [6.07, 6.45) is 2.78. The summed E-state index contributed by atoms with van der Waals surface area (Å²) >= 11 is 0. The highest BCUT2D eigenvalue weighted by Crippen LogP contribution is 2.26. The molecule has 0 N–H and O–H groups in total. The fraction of sp³-hybridized carbons (Fsp3) is 0.389. The average Bonchev–Trinajstić information content (AvgIpc) is 3.11. The van der Waals surface area contributed by atoms with Gasteiger partial charge in [-0.1, -0.05) is 5.16 Å². The van der Waals surface area contributed by atoms with Crippen molar-refractivity contribution in [2.45, 2.75) is 32.2 Å². The predicted molar refractivity (Wildman–Crippen MR) is 93.6 cm³/mol. The quantitative estimate of drug-likeness (QED) is 0.695. The lowest BCUT2D eigenvalue weighted by Crippen LogP contribution is -2.41. The van der Waals surface area contributed by atoms with Crippen LogP contribution < -0.4 is 5.56 Å². The molecule has 0 unspecified atom stereocenters. The van der Waals surface area contributed by atoms with Crippen LogP contribution in [0.2, 0.25) is 0 Å². The van der Waals surface area contributed by atoms with Crippen molar-refractivity contribution < 1.29 is 13.7 Å². The third kappa shape index (κ3) is 3.44. The molecule has 9 heteroatoms. The number of likely N-dealkylation sites (tertiary alicyclic amines) is 1. The predicted octanol–water partition coefficient (Wildman–Crippen LogP) is 1.63. The lowest BCUT2D eigenvalue weighted by molar-refractivity contribution is -0.133. The number of benzene rings is 1. The molecular formula is C18H18FN5O3. The van der Waals surface area contributed by atoms with Crippen LogP contribution in [0.25, 0.3) is 10.9 Å². The van der Waals surface area contributed by atoms with Gasteiger partial charge in [0, 0.05) is 19.0 Å². The van der Waals surface area contributed by atoms with E-state index in [1.165, 1.54) is 23.0 Å². The highest BCUT2D eigenvalue weighted by molar-refractivity contribution is 5.79. The van der Waals surface area contributed by atoms with E-state index in [9.17, 15) is 14.0 Å². The van der Waals surface area contributed by atoms with Crippen molar-refractivity contribution in [2.75, 3.05) is 13.1 Å². The Kier molecular flexibility index (Phi) is 4.43. The first-order chi connectivity index (χ1) is 13.0. The Labute approximate surface area is 153 Å². The molecule has 140 valence electrons. The molecule has 0 atom stereocenters. The number of hydrogen-bond acceptors (Lipinski definition) is 6. The van der Waals surface area contributed by atoms with E-state index in [1.807, 2.05) is 0 Å². The van der Waals surface area contributed by atoms with Crippen molar-refractivity contribution in [3.8, 4) is 0 Å². The van der Waals surface area contributed by atoms with Gasteiger partial charge in [-0.05, 0) is 38.0 Å². The highest BCUT2D eigenvalue weighted by Gasteiger charge is 2.27. The molecule has 1 aliphatic heterocycles. The van der Waals surface area contributed by atoms with Crippen LogP contribution in [-0.4, -0.2) is 43.6 Å². The SMILES string of the molecule is Cc1noc(C2CCN(C(=O)Cn3cnc4ccc(F)cc4c3=O)CC2)n1. The summed E-state index contributed by atoms with van der Waals surface area (Å²) in [7, 11) is 0. The molecule has 1 fully saturated rings. The molecule has 0 bridgehead atoms. The van der Waals surface area contributed by atoms with Gasteiger partial charge in [-0.3, -0.25) is 14.2 Å². The second-order valence-electron chi connectivity index (χ2n) is 6.67. The average molecular weight is 371 g/mol. The number of halogens is 1. The van der Waals surface area contributed by atoms with E-state index >= 15 is 0 Å². The summed E-state index contributed by atoms with van der Waals surface area (Å²) < 4.78 is 19.8. The minimum atomic E-state index is -0.510. The third-order valence-corrected chi connectivity index (χ3v) is 4.83. The lowest BCUT2D eigenvalue weighted by Gasteiger charge is -2.30. The molecule has 0 spiro atoms. The van der Waals surface area contributed by atoms with Gasteiger partial charge in [-0.2, -0.15) is 4.98 Å². The number of piperidine rings is 1. The minimum absolute atomic E-state index is 0.122. The fourth-order valence-electron chi connectivity index (χ4n) is 3.34. The van der Waals surface area contributed by atoms with Crippen LogP contribution in [0, 0.1) is 12.7 Å². The highest BCUT2D eigenvalue weighted by atomic mass is 19.1. The van der Waals surface area contributed by atoms with Crippen LogP contribution in [0.3, 0.4) is 0 Å². The van der Waals surface area contributed by atoms with E-state index in [0.29, 0.717) is 30.3 Å². The van der Waals surface area contributed by atoms with Crippen LogP contribution in [0.1, 0.15) is 30.5 Å². The second-order valence-corrected chi connectivity index (χ2v) is 6.67. The molecule has 1 aromatic carbocycles. The Hall–Kier alpha value is -3.10. The number of rotatable bonds is 3. The first-order valence-electron chi connectivity index (χ1n) is 8.74. The van der Waals surface area contributed by atoms with Gasteiger partial charge >= 0.3 is 0 Å². The summed E-state index contributed by atoms with van der Waals surface area (Å²) in [6, 6.07) is 3.84. The largest absolute Gasteiger partial charge is 0.341 e. The number of carbonyl (C=O) groups excluding carboxylic acids is 1. The zero-order valence-electron chi connectivity index (χ0n) is 14.8. The molecule has 8 nitrogen and oxygen atoms in total. The van der Waals surface area contributed by atoms with Crippen molar-refractivity contribution >= 4 is 16.8 Å². The van der Waals surface area contributed by atoms with Crippen LogP contribution in [-0.2, 0) is 11.3 Å². The van der Waals surface area contributed by atoms with Gasteiger partial charge in [0.05, 0.1) is 17.2 Å². The van der Waals surface area contributed by atoms with E-state index in [-0.39, 0.29) is 23.8 Å². The van der Waals surface area contributed by atoms with Gasteiger partial charge in [-0.25, -0.2) is 9.37 Å². The Balaban J connectivity index is 1.45. The van der Waals surface area contributed by atoms with Crippen LogP contribution >= 0.6 is 0 Å². The number of amides is 1. The Morgan fingerprint density at radius 1 is 1.33 bits per heavy atom. The molecule has 4 rings (SSSR count). The number of aromatic nitrogens is 4. The molecule has 1 aliphatic rings. The van der Waals surface area contributed by atoms with Crippen LogP contribution in [0.15, 0.2) is 33.8 Å². The normalized spacial score (nSPS) is 15.4. The maximum atomic E-state index is 13.4. The summed E-state index contributed by atoms with van der Waals surface area (Å²) in [4.78, 5) is 35.2. The molecule has 27 heavy (non-hydrogen) atoms. The summed E-state index contributed by atoms with van der Waals surface area (Å²) in [5.41, 5.74) is -0.0233. The molecule has 1 saturated heterocycles. The van der Waals surface area contributed by atoms with Crippen molar-refractivity contribution in [2.24, 2.45) is 0 Å². The second kappa shape index (κ2) is 6.90. The Morgan fingerprint density at radius 3 is 2.81 bits per heavy atom. The molecule has 3 heterocycles. The maximum absolute atomic E-state index is 13.4. The van der Waals surface area contributed by atoms with Gasteiger partial charge in [0.1, 0.15) is 12.4 Å². The standard InChI is InChI=1S/C18H18FN5O3/c1-11-21-17(27-22-11)12-4-6-23(7-5-12)16(25)9-24-10-20-15-3-2-13(19)8-14(15)18(24)26/h2-3,8,10,12H,4-7,9H2,1H3. The van der Waals surface area contributed by atoms with Crippen molar-refractivity contribution in [3.05, 3.63) is 52.4 Å². The first kappa shape index (κ1) is 17.3. The topological polar surface area (TPSA) is 94.1 Å². The van der Waals surface area contributed by atoms with Gasteiger partial charge < -0.3 is 9.42 Å². The van der Waals surface area contributed by atoms with E-state index in [0.717, 1.165) is 18.9 Å². The Bertz CT molecular complexity index is 1050. The van der Waals surface area contributed by atoms with Gasteiger partial charge in [0.25, 0.3) is 5.56 Å². The smallest absolute Gasteiger partial charge is 0.261 e. The van der Waals surface area contributed by atoms with E-state index in [1.54, 1.807) is 11.8 Å². The van der Waals surface area contributed by atoms with Crippen molar-refractivity contribution in [1.29, 1.82) is 0 Å². The van der Waals surface area contributed by atoms with Gasteiger partial charge in [-0.15, -0.1) is 0 Å². The monoisotopic (exact) mass is 371 g/mol. The van der Waals surface area contributed by atoms with E-state index in [2.05, 4.69) is 15.1 Å². The van der Waals surface area contributed by atoms with Crippen molar-refractivity contribution in [1.82, 2.24) is 24.6 Å². The summed E-state index contributed by atoms with van der Waals surface area (Å²) in [5.74, 6) is 0.668. The number of fused-ring (bicyclic) bond motifs is 1. The maximum Gasteiger partial charge on any atom is 0.261 e. The number of nitrogens with zero attached hydrogens (tertiary/aromatic N) is 5. The lowest BCUT2D eigenvalue weighted by atomic mass is 9.97. The Morgan fingerprint density at radius 2 is 2.11 bits per heavy atom. The van der Waals surface area contributed by atoms with Gasteiger partial charge in [0.15, 0.2) is 5.82 Å².